The van der Waals surface area contributed by atoms with Crippen molar-refractivity contribution in [2.75, 3.05) is 4.90 Å². The van der Waals surface area contributed by atoms with Crippen molar-refractivity contribution < 1.29 is 0 Å². The number of benzene rings is 13. The largest absolute Gasteiger partial charge is 0.309 e. The maximum Gasteiger partial charge on any atom is 0.0714 e. The molecular formula is C71H47N. The van der Waals surface area contributed by atoms with Gasteiger partial charge in [0, 0.05) is 16.6 Å². The van der Waals surface area contributed by atoms with Gasteiger partial charge in [-0.05, 0) is 129 Å². The van der Waals surface area contributed by atoms with Gasteiger partial charge >= 0.3 is 0 Å². The van der Waals surface area contributed by atoms with Crippen LogP contribution in [0.3, 0.4) is 0 Å². The van der Waals surface area contributed by atoms with Gasteiger partial charge in [-0.1, -0.05) is 255 Å². The Bertz CT molecular complexity index is 4160. The zero-order valence-corrected chi connectivity index (χ0v) is 39.6. The summed E-state index contributed by atoms with van der Waals surface area (Å²) >= 11 is 0. The van der Waals surface area contributed by atoms with Crippen molar-refractivity contribution in [3.8, 4) is 44.5 Å². The lowest BCUT2D eigenvalue weighted by molar-refractivity contribution is 0.768. The smallest absolute Gasteiger partial charge is 0.0714 e. The molecule has 13 aromatic carbocycles. The van der Waals surface area contributed by atoms with E-state index in [4.69, 9.17) is 0 Å². The standard InChI is InChI=1S/C71H47N/c1-5-23-49(24-6-1)68-61-35-16-15-34-58(61)59-44-43-52(47-63(59)69(68)50-25-7-2-8-26-50)51-27-19-32-55(46-51)72(66-40-20-37-57-56-33-14-13-22-48(56)42-45-60(57)66)67-41-21-39-65-70(67)62-36-17-18-38-64(62)71(65,53-28-9-3-10-29-53)54-30-11-4-12-31-54/h1-47H. The van der Waals surface area contributed by atoms with Crippen molar-refractivity contribution in [3.63, 3.8) is 0 Å². The van der Waals surface area contributed by atoms with E-state index in [0.717, 1.165) is 28.2 Å². The van der Waals surface area contributed by atoms with Crippen LogP contribution in [-0.4, -0.2) is 0 Å². The third-order valence-electron chi connectivity index (χ3n) is 15.3. The quantitative estimate of drug-likeness (QED) is 0.137. The summed E-state index contributed by atoms with van der Waals surface area (Å²) in [5.41, 5.74) is 17.6. The summed E-state index contributed by atoms with van der Waals surface area (Å²) in [4.78, 5) is 2.54. The minimum atomic E-state index is -0.544. The first-order valence-corrected chi connectivity index (χ1v) is 25.0. The maximum absolute atomic E-state index is 2.54. The molecule has 0 fully saturated rings. The molecule has 14 rings (SSSR count). The first-order valence-electron chi connectivity index (χ1n) is 25.0. The second kappa shape index (κ2) is 17.0. The molecule has 336 valence electrons. The van der Waals surface area contributed by atoms with Gasteiger partial charge in [0.2, 0.25) is 0 Å². The fraction of sp³-hybridized carbons (Fsp3) is 0.0141. The molecule has 0 saturated heterocycles. The molecule has 0 saturated carbocycles. The van der Waals surface area contributed by atoms with Crippen molar-refractivity contribution in [1.82, 2.24) is 0 Å². The molecule has 0 bridgehead atoms. The summed E-state index contributed by atoms with van der Waals surface area (Å²) in [5, 5.41) is 9.88. The van der Waals surface area contributed by atoms with Crippen molar-refractivity contribution >= 4 is 60.2 Å². The van der Waals surface area contributed by atoms with Gasteiger partial charge in [-0.15, -0.1) is 0 Å². The van der Waals surface area contributed by atoms with Gasteiger partial charge in [0.05, 0.1) is 16.8 Å². The van der Waals surface area contributed by atoms with E-state index in [2.05, 4.69) is 290 Å². The molecule has 1 heteroatoms. The molecule has 0 radical (unpaired) electrons. The Balaban J connectivity index is 1.04. The molecule has 72 heavy (non-hydrogen) atoms. The molecule has 1 aliphatic rings. The number of hydrogen-bond donors (Lipinski definition) is 0. The van der Waals surface area contributed by atoms with Gasteiger partial charge in [0.15, 0.2) is 0 Å². The minimum Gasteiger partial charge on any atom is -0.309 e. The molecule has 0 aliphatic heterocycles. The highest BCUT2D eigenvalue weighted by Crippen LogP contribution is 2.60. The minimum absolute atomic E-state index is 0.544. The van der Waals surface area contributed by atoms with E-state index in [1.54, 1.807) is 0 Å². The highest BCUT2D eigenvalue weighted by atomic mass is 15.1. The molecule has 13 aromatic rings. The Labute approximate surface area is 420 Å². The van der Waals surface area contributed by atoms with Crippen LogP contribution < -0.4 is 4.90 Å². The van der Waals surface area contributed by atoms with Crippen LogP contribution >= 0.6 is 0 Å². The van der Waals surface area contributed by atoms with Crippen molar-refractivity contribution in [3.05, 3.63) is 307 Å². The fourth-order valence-electron chi connectivity index (χ4n) is 12.3. The molecule has 1 aliphatic carbocycles. The Hall–Kier alpha value is -9.30. The van der Waals surface area contributed by atoms with E-state index >= 15 is 0 Å². The Morgan fingerprint density at radius 1 is 0.250 bits per heavy atom. The zero-order chi connectivity index (χ0) is 47.6. The molecule has 0 spiro atoms. The number of hydrogen-bond acceptors (Lipinski definition) is 1. The molecule has 0 unspecified atom stereocenters. The second-order valence-corrected chi connectivity index (χ2v) is 19.1. The summed E-state index contributed by atoms with van der Waals surface area (Å²) < 4.78 is 0. The zero-order valence-electron chi connectivity index (χ0n) is 39.6. The summed E-state index contributed by atoms with van der Waals surface area (Å²) in [6.45, 7) is 0. The van der Waals surface area contributed by atoms with E-state index < -0.39 is 5.41 Å². The Morgan fingerprint density at radius 2 is 0.736 bits per heavy atom. The first-order chi connectivity index (χ1) is 35.8. The van der Waals surface area contributed by atoms with Crippen LogP contribution in [0.1, 0.15) is 22.3 Å². The van der Waals surface area contributed by atoms with E-state index in [1.807, 2.05) is 0 Å². The number of nitrogens with zero attached hydrogens (tertiary/aromatic N) is 1. The molecular weight excluding hydrogens is 867 g/mol. The van der Waals surface area contributed by atoms with Gasteiger partial charge in [-0.3, -0.25) is 0 Å². The van der Waals surface area contributed by atoms with Crippen molar-refractivity contribution in [2.24, 2.45) is 0 Å². The summed E-state index contributed by atoms with van der Waals surface area (Å²) in [6, 6.07) is 106. The monoisotopic (exact) mass is 913 g/mol. The van der Waals surface area contributed by atoms with Gasteiger partial charge in [0.25, 0.3) is 0 Å². The molecule has 0 aromatic heterocycles. The lowest BCUT2D eigenvalue weighted by Crippen LogP contribution is -2.28. The maximum atomic E-state index is 2.54. The number of fused-ring (bicyclic) bond motifs is 9. The highest BCUT2D eigenvalue weighted by Gasteiger charge is 2.47. The molecule has 0 N–H and O–H groups in total. The summed E-state index contributed by atoms with van der Waals surface area (Å²) in [7, 11) is 0. The molecule has 0 heterocycles. The number of anilines is 3. The fourth-order valence-corrected chi connectivity index (χ4v) is 12.3. The van der Waals surface area contributed by atoms with Crippen LogP contribution in [0.25, 0.3) is 87.6 Å². The number of rotatable bonds is 8. The third-order valence-corrected chi connectivity index (χ3v) is 15.3. The van der Waals surface area contributed by atoms with Crippen molar-refractivity contribution in [2.45, 2.75) is 5.41 Å². The molecule has 0 amide bonds. The molecule has 1 nitrogen and oxygen atoms in total. The van der Waals surface area contributed by atoms with Crippen LogP contribution in [0, 0.1) is 0 Å². The normalized spacial score (nSPS) is 12.6. The lowest BCUT2D eigenvalue weighted by atomic mass is 9.68. The van der Waals surface area contributed by atoms with Crippen LogP contribution in [0.4, 0.5) is 17.1 Å². The van der Waals surface area contributed by atoms with E-state index in [1.165, 1.54) is 98.7 Å². The Morgan fingerprint density at radius 3 is 1.47 bits per heavy atom. The average molecular weight is 914 g/mol. The summed E-state index contributed by atoms with van der Waals surface area (Å²) in [5.74, 6) is 0. The van der Waals surface area contributed by atoms with Crippen molar-refractivity contribution in [1.29, 1.82) is 0 Å². The lowest BCUT2D eigenvalue weighted by Gasteiger charge is -2.34. The highest BCUT2D eigenvalue weighted by molar-refractivity contribution is 6.22. The first kappa shape index (κ1) is 41.7. The van der Waals surface area contributed by atoms with E-state index in [-0.39, 0.29) is 0 Å². The Kier molecular flexibility index (Phi) is 9.82. The third kappa shape index (κ3) is 6.41. The van der Waals surface area contributed by atoms with Crippen LogP contribution in [0.2, 0.25) is 0 Å². The predicted molar refractivity (Wildman–Crippen MR) is 305 cm³/mol. The topological polar surface area (TPSA) is 3.24 Å². The van der Waals surface area contributed by atoms with Gasteiger partial charge in [-0.25, -0.2) is 0 Å². The van der Waals surface area contributed by atoms with Crippen LogP contribution in [0.5, 0.6) is 0 Å². The van der Waals surface area contributed by atoms with E-state index in [0.29, 0.717) is 0 Å². The average Bonchev–Trinajstić information content (AvgIpc) is 3.78. The SMILES string of the molecule is c1ccc(-c2c(-c3ccccc3)c3cc(-c4cccc(N(c5cccc6c5-c5ccccc5C6(c5ccccc5)c5ccccc5)c5cccc6c5ccc5ccccc56)c4)ccc3c3ccccc23)cc1. The molecule has 0 atom stereocenters. The van der Waals surface area contributed by atoms with Gasteiger partial charge in [-0.2, -0.15) is 0 Å². The van der Waals surface area contributed by atoms with Crippen LogP contribution in [-0.2, 0) is 5.41 Å². The second-order valence-electron chi connectivity index (χ2n) is 19.1. The van der Waals surface area contributed by atoms with E-state index in [9.17, 15) is 0 Å². The predicted octanol–water partition coefficient (Wildman–Crippen LogP) is 19.1. The van der Waals surface area contributed by atoms with Gasteiger partial charge in [0.1, 0.15) is 0 Å². The summed E-state index contributed by atoms with van der Waals surface area (Å²) in [6.07, 6.45) is 0. The van der Waals surface area contributed by atoms with Gasteiger partial charge < -0.3 is 4.90 Å². The van der Waals surface area contributed by atoms with Crippen LogP contribution in [0.15, 0.2) is 285 Å².